The van der Waals surface area contributed by atoms with Gasteiger partial charge in [-0.1, -0.05) is 25.3 Å². The number of hydrogen-bond donors (Lipinski definition) is 2. The van der Waals surface area contributed by atoms with Crippen LogP contribution in [-0.2, 0) is 19.4 Å². The second-order valence-electron chi connectivity index (χ2n) is 9.33. The molecule has 1 saturated carbocycles. The second kappa shape index (κ2) is 12.7. The van der Waals surface area contributed by atoms with Crippen LogP contribution in [0.5, 0.6) is 5.75 Å². The number of nitrogens with zero attached hydrogens (tertiary/aromatic N) is 1. The first kappa shape index (κ1) is 27.3. The molecule has 1 aliphatic carbocycles. The van der Waals surface area contributed by atoms with Gasteiger partial charge in [0.1, 0.15) is 11.6 Å². The second-order valence-corrected chi connectivity index (χ2v) is 9.33. The van der Waals surface area contributed by atoms with Crippen LogP contribution in [0.1, 0.15) is 56.4 Å². The molecule has 2 N–H and O–H groups in total. The summed E-state index contributed by atoms with van der Waals surface area (Å²) >= 11 is 0. The summed E-state index contributed by atoms with van der Waals surface area (Å²) in [4.78, 5) is 38.7. The number of aromatic nitrogens is 2. The molecular weight excluding hydrogens is 503 g/mol. The van der Waals surface area contributed by atoms with Crippen LogP contribution in [0.3, 0.4) is 0 Å². The summed E-state index contributed by atoms with van der Waals surface area (Å²) in [7, 11) is 0. The van der Waals surface area contributed by atoms with Crippen LogP contribution in [0.2, 0.25) is 0 Å². The number of aromatic amines is 1. The first-order valence-corrected chi connectivity index (χ1v) is 12.7. The molecule has 0 amide bonds. The first-order chi connectivity index (χ1) is 18.3. The molecule has 0 spiro atoms. The number of ether oxygens (including phenoxy) is 1. The maximum atomic E-state index is 12.4. The first-order valence-electron chi connectivity index (χ1n) is 12.7. The molecule has 2 heterocycles. The average Bonchev–Trinajstić information content (AvgIpc) is 3.33. The van der Waals surface area contributed by atoms with E-state index in [1.54, 1.807) is 6.20 Å². The fourth-order valence-electron chi connectivity index (χ4n) is 4.88. The quantitative estimate of drug-likeness (QED) is 0.185. The summed E-state index contributed by atoms with van der Waals surface area (Å²) in [5.74, 6) is -2.24. The fourth-order valence-corrected chi connectivity index (χ4v) is 4.88. The summed E-state index contributed by atoms with van der Waals surface area (Å²) < 4.78 is 43.0. The van der Waals surface area contributed by atoms with E-state index in [4.69, 9.17) is 4.74 Å². The third kappa shape index (κ3) is 7.39. The number of carbonyl (C=O) groups is 2. The highest BCUT2D eigenvalue weighted by molar-refractivity contribution is 5.86. The number of benzene rings is 1. The summed E-state index contributed by atoms with van der Waals surface area (Å²) in [6, 6.07) is 11.3. The number of rotatable bonds is 10. The third-order valence-corrected chi connectivity index (χ3v) is 6.69. The molecule has 11 heteroatoms. The van der Waals surface area contributed by atoms with Gasteiger partial charge in [0, 0.05) is 35.9 Å². The number of H-pyrrole nitrogens is 1. The smallest absolute Gasteiger partial charge is 0.493 e. The maximum Gasteiger partial charge on any atom is 0.495 e. The Morgan fingerprint density at radius 1 is 1.11 bits per heavy atom. The molecule has 4 rings (SSSR count). The Hall–Kier alpha value is -3.76. The number of carbonyl (C=O) groups excluding carboxylic acids is 2. The fraction of sp³-hybridized carbons (Fsp3) is 0.444. The molecule has 0 radical (unpaired) electrons. The van der Waals surface area contributed by atoms with Gasteiger partial charge in [-0.15, -0.1) is 0 Å². The van der Waals surface area contributed by atoms with E-state index < -0.39 is 18.1 Å². The minimum Gasteiger partial charge on any atom is -0.493 e. The van der Waals surface area contributed by atoms with Crippen molar-refractivity contribution in [3.8, 4) is 5.75 Å². The van der Waals surface area contributed by atoms with E-state index >= 15 is 0 Å². The van der Waals surface area contributed by atoms with Gasteiger partial charge in [-0.05, 0) is 60.9 Å². The lowest BCUT2D eigenvalue weighted by Crippen LogP contribution is -2.27. The molecule has 204 valence electrons. The van der Waals surface area contributed by atoms with Crippen LogP contribution < -0.4 is 10.1 Å². The summed E-state index contributed by atoms with van der Waals surface area (Å²) in [5.41, 5.74) is 1.69. The van der Waals surface area contributed by atoms with Crippen LogP contribution in [0.15, 0.2) is 48.8 Å². The summed E-state index contributed by atoms with van der Waals surface area (Å²) in [5, 5.41) is 4.12. The molecule has 38 heavy (non-hydrogen) atoms. The molecule has 1 aliphatic rings. The van der Waals surface area contributed by atoms with Crippen molar-refractivity contribution in [3.63, 3.8) is 0 Å². The Morgan fingerprint density at radius 3 is 2.66 bits per heavy atom. The van der Waals surface area contributed by atoms with Gasteiger partial charge in [-0.3, -0.25) is 0 Å². The Morgan fingerprint density at radius 2 is 1.92 bits per heavy atom. The third-order valence-electron chi connectivity index (χ3n) is 6.69. The lowest BCUT2D eigenvalue weighted by Gasteiger charge is -2.29. The van der Waals surface area contributed by atoms with Crippen LogP contribution in [0.4, 0.5) is 19.0 Å². The van der Waals surface area contributed by atoms with Gasteiger partial charge in [-0.25, -0.2) is 24.3 Å². The lowest BCUT2D eigenvalue weighted by atomic mass is 9.75. The van der Waals surface area contributed by atoms with E-state index in [2.05, 4.69) is 25.1 Å². The molecule has 2 aromatic heterocycles. The van der Waals surface area contributed by atoms with Gasteiger partial charge in [0.25, 0.3) is 0 Å². The Balaban J connectivity index is 1.39. The number of anilines is 1. The van der Waals surface area contributed by atoms with Gasteiger partial charge in [0.15, 0.2) is 0 Å². The SMILES string of the molecule is O=C(CC(c1c[nH]c2cc(OCCCNc3ccccn3)ccc12)C1CCCCC1)OOC(=O)C(F)(F)F. The van der Waals surface area contributed by atoms with E-state index in [-0.39, 0.29) is 18.3 Å². The Kier molecular flexibility index (Phi) is 9.09. The number of hydrogen-bond acceptors (Lipinski definition) is 7. The molecule has 0 aliphatic heterocycles. The molecular formula is C27H30F3N3O5. The van der Waals surface area contributed by atoms with Crippen LogP contribution in [-0.4, -0.2) is 41.2 Å². The minimum absolute atomic E-state index is 0.149. The maximum absolute atomic E-state index is 12.4. The Bertz CT molecular complexity index is 1210. The van der Waals surface area contributed by atoms with Gasteiger partial charge in [-0.2, -0.15) is 13.2 Å². The van der Waals surface area contributed by atoms with E-state index in [0.29, 0.717) is 18.9 Å². The van der Waals surface area contributed by atoms with Crippen LogP contribution in [0.25, 0.3) is 10.9 Å². The zero-order valence-electron chi connectivity index (χ0n) is 20.8. The van der Waals surface area contributed by atoms with E-state index in [9.17, 15) is 22.8 Å². The molecule has 1 unspecified atom stereocenters. The molecule has 3 aromatic rings. The van der Waals surface area contributed by atoms with Gasteiger partial charge in [0.2, 0.25) is 0 Å². The highest BCUT2D eigenvalue weighted by Crippen LogP contribution is 2.41. The lowest BCUT2D eigenvalue weighted by molar-refractivity contribution is -0.286. The van der Waals surface area contributed by atoms with Crippen molar-refractivity contribution < 1.29 is 37.3 Å². The van der Waals surface area contributed by atoms with Crippen molar-refractivity contribution in [2.75, 3.05) is 18.5 Å². The van der Waals surface area contributed by atoms with Crippen molar-refractivity contribution in [3.05, 3.63) is 54.4 Å². The Labute approximate surface area is 217 Å². The van der Waals surface area contributed by atoms with Gasteiger partial charge in [0.05, 0.1) is 13.0 Å². The van der Waals surface area contributed by atoms with Gasteiger partial charge >= 0.3 is 18.1 Å². The largest absolute Gasteiger partial charge is 0.495 e. The zero-order chi connectivity index (χ0) is 27.0. The number of pyridine rings is 1. The molecule has 0 saturated heterocycles. The van der Waals surface area contributed by atoms with Crippen LogP contribution >= 0.6 is 0 Å². The standard InChI is InChI=1S/C27H30F3N3O5/c28-27(29,30)26(35)38-37-25(34)16-21(18-7-2-1-3-8-18)22-17-33-23-15-19(10-11-20(22)23)36-14-6-13-32-24-9-4-5-12-31-24/h4-5,9-12,15,17-18,21,33H,1-3,6-8,13-14,16H2,(H,31,32). The minimum atomic E-state index is -5.24. The molecule has 0 bridgehead atoms. The average molecular weight is 534 g/mol. The molecule has 8 nitrogen and oxygen atoms in total. The van der Waals surface area contributed by atoms with Crippen molar-refractivity contribution in [2.45, 2.75) is 57.0 Å². The summed E-state index contributed by atoms with van der Waals surface area (Å²) in [6.07, 6.45) is 3.77. The number of alkyl halides is 3. The summed E-state index contributed by atoms with van der Waals surface area (Å²) in [6.45, 7) is 1.22. The van der Waals surface area contributed by atoms with E-state index in [1.165, 1.54) is 0 Å². The molecule has 1 aromatic carbocycles. The number of nitrogens with one attached hydrogen (secondary N) is 2. The highest BCUT2D eigenvalue weighted by Gasteiger charge is 2.43. The molecule has 1 fully saturated rings. The topological polar surface area (TPSA) is 103 Å². The monoisotopic (exact) mass is 533 g/mol. The van der Waals surface area contributed by atoms with E-state index in [1.807, 2.05) is 42.6 Å². The van der Waals surface area contributed by atoms with Crippen molar-refractivity contribution in [1.29, 1.82) is 0 Å². The molecule has 1 atom stereocenters. The van der Waals surface area contributed by atoms with Gasteiger partial charge < -0.3 is 15.0 Å². The number of fused-ring (bicyclic) bond motifs is 1. The van der Waals surface area contributed by atoms with E-state index in [0.717, 1.165) is 60.8 Å². The highest BCUT2D eigenvalue weighted by atomic mass is 19.4. The van der Waals surface area contributed by atoms with Crippen molar-refractivity contribution in [1.82, 2.24) is 9.97 Å². The zero-order valence-corrected chi connectivity index (χ0v) is 20.8. The predicted octanol–water partition coefficient (Wildman–Crippen LogP) is 6.06. The van der Waals surface area contributed by atoms with Crippen LogP contribution in [0, 0.1) is 5.92 Å². The van der Waals surface area contributed by atoms with Crippen molar-refractivity contribution >= 4 is 28.7 Å². The van der Waals surface area contributed by atoms with Crippen molar-refractivity contribution in [2.24, 2.45) is 5.92 Å². The number of halogens is 3. The predicted molar refractivity (Wildman–Crippen MR) is 133 cm³/mol. The normalized spacial score (nSPS) is 15.1.